The second kappa shape index (κ2) is 9.57. The summed E-state index contributed by atoms with van der Waals surface area (Å²) in [5.41, 5.74) is 1.81. The van der Waals surface area contributed by atoms with Gasteiger partial charge in [-0.2, -0.15) is 16.8 Å². The molecular formula is C21H25NO8S2. The van der Waals surface area contributed by atoms with Crippen LogP contribution in [0.5, 0.6) is 0 Å². The van der Waals surface area contributed by atoms with Crippen molar-refractivity contribution in [1.82, 2.24) is 5.32 Å². The third kappa shape index (κ3) is 5.85. The maximum atomic E-state index is 12.4. The molecule has 0 bridgehead atoms. The normalized spacial score (nSPS) is 19.9. The minimum atomic E-state index is -4.04. The fourth-order valence-electron chi connectivity index (χ4n) is 3.12. The van der Waals surface area contributed by atoms with E-state index in [0.717, 1.165) is 11.1 Å². The Hall–Kier alpha value is -2.47. The summed E-state index contributed by atoms with van der Waals surface area (Å²) in [4.78, 5) is 11.8. The summed E-state index contributed by atoms with van der Waals surface area (Å²) >= 11 is 0. The first-order chi connectivity index (χ1) is 15.0. The molecule has 1 N–H and O–H groups in total. The van der Waals surface area contributed by atoms with E-state index in [-0.39, 0.29) is 23.0 Å². The number of rotatable bonds is 9. The lowest BCUT2D eigenvalue weighted by atomic mass is 10.00. The van der Waals surface area contributed by atoms with Crippen LogP contribution in [0.1, 0.15) is 18.1 Å². The maximum absolute atomic E-state index is 12.4. The molecule has 3 atom stereocenters. The number of hydrogen-bond donors (Lipinski definition) is 1. The van der Waals surface area contributed by atoms with Crippen molar-refractivity contribution in [2.24, 2.45) is 5.92 Å². The molecule has 32 heavy (non-hydrogen) atoms. The minimum Gasteiger partial charge on any atom is -0.444 e. The van der Waals surface area contributed by atoms with E-state index in [1.165, 1.54) is 24.3 Å². The van der Waals surface area contributed by atoms with Gasteiger partial charge in [0.1, 0.15) is 6.10 Å². The second-order valence-electron chi connectivity index (χ2n) is 7.70. The molecule has 3 rings (SSSR count). The summed E-state index contributed by atoms with van der Waals surface area (Å²) in [7, 11) is -8.04. The molecule has 2 aromatic rings. The molecule has 1 aliphatic heterocycles. The smallest absolute Gasteiger partial charge is 0.407 e. The predicted molar refractivity (Wildman–Crippen MR) is 115 cm³/mol. The van der Waals surface area contributed by atoms with E-state index < -0.39 is 44.4 Å². The van der Waals surface area contributed by atoms with Gasteiger partial charge in [-0.1, -0.05) is 42.3 Å². The molecule has 1 heterocycles. The molecule has 1 fully saturated rings. The van der Waals surface area contributed by atoms with Crippen LogP contribution in [0.2, 0.25) is 0 Å². The van der Waals surface area contributed by atoms with Crippen molar-refractivity contribution in [2.75, 3.05) is 13.2 Å². The molecule has 0 aromatic heterocycles. The van der Waals surface area contributed by atoms with Crippen LogP contribution in [0.4, 0.5) is 4.79 Å². The molecule has 1 amide bonds. The second-order valence-corrected chi connectivity index (χ2v) is 10.9. The Balaban J connectivity index is 1.62. The molecule has 1 saturated heterocycles. The van der Waals surface area contributed by atoms with Crippen molar-refractivity contribution in [2.45, 2.75) is 42.7 Å². The van der Waals surface area contributed by atoms with Gasteiger partial charge in [-0.3, -0.25) is 8.37 Å². The topological polar surface area (TPSA) is 125 Å². The number of hydrogen-bond acceptors (Lipinski definition) is 8. The quantitative estimate of drug-likeness (QED) is 0.540. The lowest BCUT2D eigenvalue weighted by molar-refractivity contribution is 0.0670. The number of carbonyl (C=O) groups excluding carboxylic acids is 1. The molecule has 9 nitrogen and oxygen atoms in total. The number of benzene rings is 2. The molecular weight excluding hydrogens is 458 g/mol. The summed E-state index contributed by atoms with van der Waals surface area (Å²) in [5, 5.41) is 2.50. The summed E-state index contributed by atoms with van der Waals surface area (Å²) < 4.78 is 65.1. The highest BCUT2D eigenvalue weighted by Crippen LogP contribution is 2.22. The van der Waals surface area contributed by atoms with Crippen LogP contribution < -0.4 is 5.32 Å². The monoisotopic (exact) mass is 483 g/mol. The van der Waals surface area contributed by atoms with E-state index >= 15 is 0 Å². The van der Waals surface area contributed by atoms with E-state index in [1.807, 2.05) is 13.8 Å². The Kier molecular flexibility index (Phi) is 7.23. The Morgan fingerprint density at radius 2 is 1.34 bits per heavy atom. The van der Waals surface area contributed by atoms with Gasteiger partial charge < -0.3 is 10.1 Å². The van der Waals surface area contributed by atoms with Crippen molar-refractivity contribution in [3.63, 3.8) is 0 Å². The first kappa shape index (κ1) is 24.2. The number of nitrogens with one attached hydrogen (secondary N) is 1. The first-order valence-electron chi connectivity index (χ1n) is 9.87. The van der Waals surface area contributed by atoms with Crippen LogP contribution >= 0.6 is 0 Å². The Morgan fingerprint density at radius 3 is 1.84 bits per heavy atom. The summed E-state index contributed by atoms with van der Waals surface area (Å²) in [6.45, 7) is 4.66. The van der Waals surface area contributed by atoms with Gasteiger partial charge in [-0.15, -0.1) is 0 Å². The number of carbonyl (C=O) groups is 1. The molecule has 2 aromatic carbocycles. The van der Waals surface area contributed by atoms with Crippen LogP contribution in [0.3, 0.4) is 0 Å². The van der Waals surface area contributed by atoms with Crippen LogP contribution in [0, 0.1) is 19.8 Å². The highest BCUT2D eigenvalue weighted by molar-refractivity contribution is 7.87. The van der Waals surface area contributed by atoms with Crippen molar-refractivity contribution in [3.05, 3.63) is 59.7 Å². The first-order valence-corrected chi connectivity index (χ1v) is 12.7. The van der Waals surface area contributed by atoms with Gasteiger partial charge in [-0.25, -0.2) is 4.79 Å². The number of alkyl carbamates (subject to hydrolysis) is 1. The minimum absolute atomic E-state index is 0.00883. The van der Waals surface area contributed by atoms with Crippen LogP contribution in [0.25, 0.3) is 0 Å². The van der Waals surface area contributed by atoms with Gasteiger partial charge in [-0.05, 0) is 38.1 Å². The summed E-state index contributed by atoms with van der Waals surface area (Å²) in [6, 6.07) is 11.5. The van der Waals surface area contributed by atoms with Crippen molar-refractivity contribution < 1.29 is 34.7 Å². The fourth-order valence-corrected chi connectivity index (χ4v) is 5.05. The van der Waals surface area contributed by atoms with E-state index in [2.05, 4.69) is 5.32 Å². The molecule has 174 valence electrons. The molecule has 0 saturated carbocycles. The summed E-state index contributed by atoms with van der Waals surface area (Å²) in [6.07, 6.45) is -1.59. The third-order valence-corrected chi connectivity index (χ3v) is 7.60. The highest BCUT2D eigenvalue weighted by Gasteiger charge is 2.39. The Morgan fingerprint density at radius 1 is 0.875 bits per heavy atom. The van der Waals surface area contributed by atoms with E-state index in [4.69, 9.17) is 13.1 Å². The SMILES string of the molecule is Cc1ccc(S(=O)(=O)OCC(C)C2OC(=O)N[C@H]2COS(=O)(=O)c2ccc(C)cc2)cc1. The van der Waals surface area contributed by atoms with Gasteiger partial charge in [0.05, 0.1) is 29.0 Å². The third-order valence-electron chi connectivity index (χ3n) is 5.01. The zero-order valence-corrected chi connectivity index (χ0v) is 19.5. The predicted octanol–water partition coefficient (Wildman–Crippen LogP) is 2.53. The Bertz CT molecular complexity index is 1160. The summed E-state index contributed by atoms with van der Waals surface area (Å²) in [5.74, 6) is -0.565. The number of ether oxygens (including phenoxy) is 1. The van der Waals surface area contributed by atoms with Crippen LogP contribution in [-0.2, 0) is 33.3 Å². The maximum Gasteiger partial charge on any atom is 0.407 e. The average molecular weight is 484 g/mol. The van der Waals surface area contributed by atoms with Crippen molar-refractivity contribution in [1.29, 1.82) is 0 Å². The Labute approximate surface area is 187 Å². The van der Waals surface area contributed by atoms with Gasteiger partial charge in [0, 0.05) is 5.92 Å². The standard InChI is InChI=1S/C21H25NO8S2/c1-14-4-8-17(9-5-14)31(24,25)28-12-16(3)20-19(22-21(23)30-20)13-29-32(26,27)18-10-6-15(2)7-11-18/h4-11,16,19-20H,12-13H2,1-3H3,(H,22,23)/t16?,19-,20?/m0/s1. The van der Waals surface area contributed by atoms with Gasteiger partial charge in [0.2, 0.25) is 0 Å². The molecule has 11 heteroatoms. The van der Waals surface area contributed by atoms with Gasteiger partial charge in [0.25, 0.3) is 20.2 Å². The highest BCUT2D eigenvalue weighted by atomic mass is 32.2. The molecule has 0 aliphatic carbocycles. The average Bonchev–Trinajstić information content (AvgIpc) is 3.12. The molecule has 0 radical (unpaired) electrons. The molecule has 0 spiro atoms. The molecule has 1 aliphatic rings. The number of amides is 1. The van der Waals surface area contributed by atoms with Crippen LogP contribution in [0.15, 0.2) is 58.3 Å². The van der Waals surface area contributed by atoms with Crippen LogP contribution in [-0.4, -0.2) is 48.3 Å². The fraction of sp³-hybridized carbons (Fsp3) is 0.381. The largest absolute Gasteiger partial charge is 0.444 e. The van der Waals surface area contributed by atoms with Crippen molar-refractivity contribution >= 4 is 26.3 Å². The lowest BCUT2D eigenvalue weighted by Crippen LogP contribution is -2.41. The number of cyclic esters (lactones) is 1. The van der Waals surface area contributed by atoms with E-state index in [0.29, 0.717) is 0 Å². The zero-order chi connectivity index (χ0) is 23.5. The molecule has 2 unspecified atom stereocenters. The zero-order valence-electron chi connectivity index (χ0n) is 17.8. The van der Waals surface area contributed by atoms with Gasteiger partial charge in [0.15, 0.2) is 0 Å². The van der Waals surface area contributed by atoms with Gasteiger partial charge >= 0.3 is 6.09 Å². The van der Waals surface area contributed by atoms with Crippen molar-refractivity contribution in [3.8, 4) is 0 Å². The van der Waals surface area contributed by atoms with E-state index in [1.54, 1.807) is 31.2 Å². The van der Waals surface area contributed by atoms with E-state index in [9.17, 15) is 21.6 Å². The number of aryl methyl sites for hydroxylation is 2. The lowest BCUT2D eigenvalue weighted by Gasteiger charge is -2.22.